The van der Waals surface area contributed by atoms with Gasteiger partial charge in [0.2, 0.25) is 5.91 Å². The zero-order chi connectivity index (χ0) is 24.1. The number of amidine groups is 1. The third-order valence-corrected chi connectivity index (χ3v) is 4.65. The van der Waals surface area contributed by atoms with E-state index < -0.39 is 36.6 Å². The molecular formula is C19H22F3N5O5. The molecule has 0 aromatic heterocycles. The molecule has 13 heteroatoms. The van der Waals surface area contributed by atoms with Crippen molar-refractivity contribution in [2.45, 2.75) is 19.1 Å². The minimum Gasteiger partial charge on any atom is -0.385 e. The largest absolute Gasteiger partial charge is 0.491 e. The molecule has 1 atom stereocenters. The molecule has 0 radical (unpaired) electrons. The molecule has 1 aliphatic rings. The van der Waals surface area contributed by atoms with E-state index in [4.69, 9.17) is 11.1 Å². The van der Waals surface area contributed by atoms with Crippen LogP contribution in [-0.2, 0) is 19.1 Å². The Bertz CT molecular complexity index is 896. The molecule has 1 fully saturated rings. The van der Waals surface area contributed by atoms with E-state index >= 15 is 0 Å². The zero-order valence-corrected chi connectivity index (χ0v) is 17.1. The van der Waals surface area contributed by atoms with Crippen molar-refractivity contribution < 1.29 is 37.1 Å². The standard InChI is InChI=1S/C19H22F3N5O5/c1-11(25-16(29)13-4-2-12(3-5-13)15(23)24)17(30)27-8-6-26(7-9-27)10-14(28)32-18(31)19(20,21)22/h2-5,11H,6-10H2,1H3,(H3,23,24)(H,25,29)/t11-/m0/s1. The van der Waals surface area contributed by atoms with Crippen molar-refractivity contribution in [1.82, 2.24) is 15.1 Å². The van der Waals surface area contributed by atoms with Gasteiger partial charge in [0.1, 0.15) is 11.9 Å². The summed E-state index contributed by atoms with van der Waals surface area (Å²) in [6.45, 7) is 1.69. The molecule has 1 aromatic carbocycles. The van der Waals surface area contributed by atoms with Crippen molar-refractivity contribution in [1.29, 1.82) is 5.41 Å². The van der Waals surface area contributed by atoms with Crippen molar-refractivity contribution in [3.05, 3.63) is 35.4 Å². The number of ether oxygens (including phenoxy) is 1. The number of piperazine rings is 1. The number of nitrogens with one attached hydrogen (secondary N) is 2. The predicted octanol–water partition coefficient (Wildman–Crippen LogP) is -0.135. The fourth-order valence-corrected chi connectivity index (χ4v) is 2.92. The second-order valence-electron chi connectivity index (χ2n) is 7.05. The van der Waals surface area contributed by atoms with E-state index in [2.05, 4.69) is 10.1 Å². The average molecular weight is 457 g/mol. The van der Waals surface area contributed by atoms with Crippen molar-refractivity contribution in [3.63, 3.8) is 0 Å². The van der Waals surface area contributed by atoms with Crippen molar-refractivity contribution in [2.24, 2.45) is 5.73 Å². The van der Waals surface area contributed by atoms with E-state index in [1.807, 2.05) is 0 Å². The number of halogens is 3. The van der Waals surface area contributed by atoms with E-state index in [9.17, 15) is 32.3 Å². The Kier molecular flexibility index (Phi) is 7.92. The first kappa shape index (κ1) is 24.8. The molecule has 4 N–H and O–H groups in total. The number of carbonyl (C=O) groups excluding carboxylic acids is 4. The SMILES string of the molecule is C[C@H](NC(=O)c1ccc(C(=N)N)cc1)C(=O)N1CCN(CC(=O)OC(=O)C(F)(F)F)CC1. The summed E-state index contributed by atoms with van der Waals surface area (Å²) in [5, 5.41) is 9.91. The Morgan fingerprint density at radius 3 is 2.12 bits per heavy atom. The molecule has 1 heterocycles. The summed E-state index contributed by atoms with van der Waals surface area (Å²) in [5.41, 5.74) is 6.10. The van der Waals surface area contributed by atoms with E-state index in [0.29, 0.717) is 5.56 Å². The second-order valence-corrected chi connectivity index (χ2v) is 7.05. The van der Waals surface area contributed by atoms with Gasteiger partial charge in [-0.25, -0.2) is 4.79 Å². The van der Waals surface area contributed by atoms with Crippen LogP contribution in [0, 0.1) is 5.41 Å². The number of carbonyl (C=O) groups is 4. The van der Waals surface area contributed by atoms with E-state index in [1.54, 1.807) is 0 Å². The number of rotatable bonds is 6. The number of esters is 2. The molecule has 32 heavy (non-hydrogen) atoms. The second kappa shape index (κ2) is 10.2. The lowest BCUT2D eigenvalue weighted by molar-refractivity contribution is -0.202. The maximum absolute atomic E-state index is 12.6. The Balaban J connectivity index is 1.81. The van der Waals surface area contributed by atoms with Crippen LogP contribution in [0.25, 0.3) is 0 Å². The summed E-state index contributed by atoms with van der Waals surface area (Å²) in [6.07, 6.45) is -5.25. The summed E-state index contributed by atoms with van der Waals surface area (Å²) in [4.78, 5) is 50.0. The van der Waals surface area contributed by atoms with Gasteiger partial charge >= 0.3 is 18.1 Å². The lowest BCUT2D eigenvalue weighted by atomic mass is 10.1. The minimum absolute atomic E-state index is 0.139. The average Bonchev–Trinajstić information content (AvgIpc) is 2.73. The smallest absolute Gasteiger partial charge is 0.385 e. The number of hydrogen-bond donors (Lipinski definition) is 3. The molecule has 0 aliphatic carbocycles. The van der Waals surface area contributed by atoms with Gasteiger partial charge in [0.25, 0.3) is 5.91 Å². The Morgan fingerprint density at radius 1 is 1.09 bits per heavy atom. The Labute approximate surface area is 181 Å². The first-order valence-electron chi connectivity index (χ1n) is 9.46. The minimum atomic E-state index is -5.25. The fraction of sp³-hybridized carbons (Fsp3) is 0.421. The van der Waals surface area contributed by atoms with Crippen LogP contribution in [0.5, 0.6) is 0 Å². The first-order valence-corrected chi connectivity index (χ1v) is 9.46. The van der Waals surface area contributed by atoms with Crippen molar-refractivity contribution in [2.75, 3.05) is 32.7 Å². The number of alkyl halides is 3. The molecule has 174 valence electrons. The van der Waals surface area contributed by atoms with Crippen LogP contribution in [0.2, 0.25) is 0 Å². The lowest BCUT2D eigenvalue weighted by Crippen LogP contribution is -2.54. The highest BCUT2D eigenvalue weighted by Gasteiger charge is 2.42. The van der Waals surface area contributed by atoms with Gasteiger partial charge in [0.05, 0.1) is 6.54 Å². The molecule has 0 spiro atoms. The normalized spacial score (nSPS) is 15.6. The number of amides is 2. The lowest BCUT2D eigenvalue weighted by Gasteiger charge is -2.35. The zero-order valence-electron chi connectivity index (χ0n) is 17.1. The van der Waals surface area contributed by atoms with Gasteiger partial charge in [0.15, 0.2) is 0 Å². The third kappa shape index (κ3) is 6.77. The summed E-state index contributed by atoms with van der Waals surface area (Å²) >= 11 is 0. The van der Waals surface area contributed by atoms with E-state index in [-0.39, 0.29) is 43.5 Å². The number of nitrogens with zero attached hydrogens (tertiary/aromatic N) is 2. The summed E-state index contributed by atoms with van der Waals surface area (Å²) in [6, 6.07) is 5.12. The molecule has 0 bridgehead atoms. The van der Waals surface area contributed by atoms with Crippen LogP contribution in [0.15, 0.2) is 24.3 Å². The molecule has 1 saturated heterocycles. The van der Waals surface area contributed by atoms with E-state index in [1.165, 1.54) is 41.0 Å². The highest BCUT2D eigenvalue weighted by molar-refractivity contribution is 5.99. The molecule has 1 aliphatic heterocycles. The fourth-order valence-electron chi connectivity index (χ4n) is 2.92. The predicted molar refractivity (Wildman–Crippen MR) is 105 cm³/mol. The Hall–Kier alpha value is -3.48. The highest BCUT2D eigenvalue weighted by atomic mass is 19.4. The highest BCUT2D eigenvalue weighted by Crippen LogP contribution is 2.16. The molecule has 0 saturated carbocycles. The van der Waals surface area contributed by atoms with Gasteiger partial charge in [-0.05, 0) is 19.1 Å². The van der Waals surface area contributed by atoms with Crippen LogP contribution in [0.3, 0.4) is 0 Å². The van der Waals surface area contributed by atoms with Crippen molar-refractivity contribution >= 4 is 29.6 Å². The number of benzene rings is 1. The third-order valence-electron chi connectivity index (χ3n) is 4.65. The van der Waals surface area contributed by atoms with Crippen LogP contribution in [0.4, 0.5) is 13.2 Å². The van der Waals surface area contributed by atoms with Gasteiger partial charge in [-0.1, -0.05) is 12.1 Å². The molecule has 10 nitrogen and oxygen atoms in total. The van der Waals surface area contributed by atoms with Gasteiger partial charge < -0.3 is 20.7 Å². The number of nitrogens with two attached hydrogens (primary N) is 1. The van der Waals surface area contributed by atoms with Crippen LogP contribution in [0.1, 0.15) is 22.8 Å². The maximum atomic E-state index is 12.6. The summed E-state index contributed by atoms with van der Waals surface area (Å²) in [5.74, 6) is -4.90. The maximum Gasteiger partial charge on any atom is 0.491 e. The molecule has 0 unspecified atom stereocenters. The molecular weight excluding hydrogens is 435 g/mol. The number of hydrogen-bond acceptors (Lipinski definition) is 7. The number of nitrogen functional groups attached to an aromatic ring is 1. The van der Waals surface area contributed by atoms with Crippen LogP contribution in [-0.4, -0.2) is 84.3 Å². The van der Waals surface area contributed by atoms with Gasteiger partial charge in [0, 0.05) is 37.3 Å². The van der Waals surface area contributed by atoms with Crippen molar-refractivity contribution in [3.8, 4) is 0 Å². The van der Waals surface area contributed by atoms with E-state index in [0.717, 1.165) is 0 Å². The van der Waals surface area contributed by atoms with Crippen LogP contribution < -0.4 is 11.1 Å². The molecule has 2 rings (SSSR count). The summed E-state index contributed by atoms with van der Waals surface area (Å²) < 4.78 is 40.1. The monoisotopic (exact) mass is 457 g/mol. The topological polar surface area (TPSA) is 146 Å². The Morgan fingerprint density at radius 2 is 1.62 bits per heavy atom. The summed E-state index contributed by atoms with van der Waals surface area (Å²) in [7, 11) is 0. The molecule has 2 amide bonds. The molecule has 1 aromatic rings. The van der Waals surface area contributed by atoms with Gasteiger partial charge in [-0.2, -0.15) is 13.2 Å². The van der Waals surface area contributed by atoms with Gasteiger partial charge in [-0.15, -0.1) is 0 Å². The quantitative estimate of drug-likeness (QED) is 0.233. The van der Waals surface area contributed by atoms with Gasteiger partial charge in [-0.3, -0.25) is 24.7 Å². The van der Waals surface area contributed by atoms with Crippen LogP contribution >= 0.6 is 0 Å². The first-order chi connectivity index (χ1) is 14.9.